The Morgan fingerprint density at radius 2 is 1.63 bits per heavy atom. The minimum atomic E-state index is -0.701. The van der Waals surface area contributed by atoms with Gasteiger partial charge in [0.1, 0.15) is 17.0 Å². The Balaban J connectivity index is 1.35. The molecule has 4 aliphatic carbocycles. The molecular weight excluding hydrogens is 442 g/mol. The number of rotatable bonds is 5. The van der Waals surface area contributed by atoms with E-state index in [1.54, 1.807) is 18.2 Å². The van der Waals surface area contributed by atoms with Crippen LogP contribution in [0.15, 0.2) is 63.1 Å². The van der Waals surface area contributed by atoms with Gasteiger partial charge in [-0.3, -0.25) is 14.8 Å². The van der Waals surface area contributed by atoms with Crippen LogP contribution in [-0.4, -0.2) is 28.0 Å². The third kappa shape index (κ3) is 3.70. The fourth-order valence-electron chi connectivity index (χ4n) is 7.19. The zero-order valence-electron chi connectivity index (χ0n) is 19.7. The second kappa shape index (κ2) is 8.26. The highest BCUT2D eigenvalue weighted by Gasteiger charge is 2.51. The van der Waals surface area contributed by atoms with Crippen LogP contribution in [0.1, 0.15) is 49.7 Å². The molecule has 180 valence electrons. The van der Waals surface area contributed by atoms with Gasteiger partial charge in [-0.15, -0.1) is 0 Å². The van der Waals surface area contributed by atoms with Crippen molar-refractivity contribution in [2.75, 3.05) is 7.11 Å². The highest BCUT2D eigenvalue weighted by Crippen LogP contribution is 2.60. The number of nitrogens with one attached hydrogen (secondary N) is 1. The summed E-state index contributed by atoms with van der Waals surface area (Å²) in [5, 5.41) is 10.9. The molecule has 0 amide bonds. The summed E-state index contributed by atoms with van der Waals surface area (Å²) < 4.78 is 6.41. The van der Waals surface area contributed by atoms with Crippen molar-refractivity contribution in [1.82, 2.24) is 9.55 Å². The van der Waals surface area contributed by atoms with Gasteiger partial charge < -0.3 is 9.84 Å². The zero-order valence-corrected chi connectivity index (χ0v) is 19.7. The van der Waals surface area contributed by atoms with Crippen LogP contribution in [0.5, 0.6) is 11.6 Å². The minimum absolute atomic E-state index is 0.0966. The Morgan fingerprint density at radius 3 is 2.26 bits per heavy atom. The fourth-order valence-corrected chi connectivity index (χ4v) is 7.19. The van der Waals surface area contributed by atoms with E-state index in [0.717, 1.165) is 22.3 Å². The molecule has 4 aliphatic rings. The largest absolute Gasteiger partial charge is 0.494 e. The van der Waals surface area contributed by atoms with Crippen molar-refractivity contribution in [3.8, 4) is 17.3 Å². The maximum atomic E-state index is 12.7. The molecule has 0 unspecified atom stereocenters. The summed E-state index contributed by atoms with van der Waals surface area (Å²) in [4.78, 5) is 31.8. The topological polar surface area (TPSA) is 96.7 Å². The first-order chi connectivity index (χ1) is 17.0. The first kappa shape index (κ1) is 21.9. The van der Waals surface area contributed by atoms with Crippen LogP contribution in [0.3, 0.4) is 0 Å². The first-order valence-corrected chi connectivity index (χ1v) is 12.3. The standard InChI is InChI=1S/C28H29N3O4/c1-35-24-5-3-2-4-23(24)29-16-22-25(32)30-27(34)31(26(22)33)21-8-6-20(7-9-21)28-13-17-10-18(14-28)12-19(11-17)15-28/h2-9,16-19,33H,10-15H2,1H3,(H,30,32,34). The lowest BCUT2D eigenvalue weighted by Gasteiger charge is -2.57. The van der Waals surface area contributed by atoms with Gasteiger partial charge in [0.25, 0.3) is 5.56 Å². The summed E-state index contributed by atoms with van der Waals surface area (Å²) in [6.45, 7) is 0. The fraction of sp³-hybridized carbons (Fsp3) is 0.393. The average Bonchev–Trinajstić information content (AvgIpc) is 2.83. The van der Waals surface area contributed by atoms with Crippen molar-refractivity contribution in [1.29, 1.82) is 0 Å². The van der Waals surface area contributed by atoms with Crippen LogP contribution in [0, 0.1) is 17.8 Å². The zero-order chi connectivity index (χ0) is 24.2. The van der Waals surface area contributed by atoms with Gasteiger partial charge in [-0.05, 0) is 91.5 Å². The number of aromatic hydroxyl groups is 1. The molecule has 7 nitrogen and oxygen atoms in total. The Kier molecular flexibility index (Phi) is 5.16. The number of ether oxygens (including phenoxy) is 1. The quantitative estimate of drug-likeness (QED) is 0.537. The van der Waals surface area contributed by atoms with E-state index in [1.165, 1.54) is 57.4 Å². The average molecular weight is 472 g/mol. The molecule has 0 saturated heterocycles. The second-order valence-corrected chi connectivity index (χ2v) is 10.5. The number of benzene rings is 2. The van der Waals surface area contributed by atoms with Crippen LogP contribution >= 0.6 is 0 Å². The first-order valence-electron chi connectivity index (χ1n) is 12.3. The van der Waals surface area contributed by atoms with Crippen molar-refractivity contribution >= 4 is 11.9 Å². The maximum absolute atomic E-state index is 12.7. The number of aromatic nitrogens is 2. The van der Waals surface area contributed by atoms with E-state index in [-0.39, 0.29) is 11.0 Å². The number of aromatic amines is 1. The Labute approximate surface area is 203 Å². The lowest BCUT2D eigenvalue weighted by atomic mass is 9.48. The minimum Gasteiger partial charge on any atom is -0.494 e. The molecule has 7 heteroatoms. The molecule has 7 rings (SSSR count). The Morgan fingerprint density at radius 1 is 1.00 bits per heavy atom. The van der Waals surface area contributed by atoms with Crippen molar-refractivity contribution < 1.29 is 9.84 Å². The molecular formula is C28H29N3O4. The molecule has 2 aromatic carbocycles. The van der Waals surface area contributed by atoms with Crippen molar-refractivity contribution in [3.05, 3.63) is 80.5 Å². The van der Waals surface area contributed by atoms with Crippen LogP contribution in [-0.2, 0) is 5.41 Å². The van der Waals surface area contributed by atoms with E-state index in [4.69, 9.17) is 4.74 Å². The molecule has 4 saturated carbocycles. The van der Waals surface area contributed by atoms with E-state index in [0.29, 0.717) is 17.1 Å². The number of para-hydroxylation sites is 2. The normalized spacial score (nSPS) is 26.9. The number of aliphatic imine (C=N–C) groups is 1. The Bertz CT molecular complexity index is 1380. The van der Waals surface area contributed by atoms with Gasteiger partial charge in [-0.25, -0.2) is 9.36 Å². The molecule has 0 aliphatic heterocycles. The summed E-state index contributed by atoms with van der Waals surface area (Å²) in [6, 6.07) is 15.0. The van der Waals surface area contributed by atoms with Gasteiger partial charge in [0.15, 0.2) is 0 Å². The lowest BCUT2D eigenvalue weighted by Crippen LogP contribution is -2.48. The summed E-state index contributed by atoms with van der Waals surface area (Å²) >= 11 is 0. The predicted octanol–water partition coefficient (Wildman–Crippen LogP) is 4.46. The summed E-state index contributed by atoms with van der Waals surface area (Å²) in [5.74, 6) is 2.62. The number of hydrogen-bond acceptors (Lipinski definition) is 5. The van der Waals surface area contributed by atoms with Crippen LogP contribution in [0.4, 0.5) is 5.69 Å². The van der Waals surface area contributed by atoms with Crippen LogP contribution < -0.4 is 16.0 Å². The molecule has 1 heterocycles. The van der Waals surface area contributed by atoms with Crippen molar-refractivity contribution in [2.45, 2.75) is 43.9 Å². The molecule has 1 aromatic heterocycles. The third-order valence-corrected chi connectivity index (χ3v) is 8.31. The number of methoxy groups -OCH3 is 1. The molecule has 0 radical (unpaired) electrons. The molecule has 4 bridgehead atoms. The highest BCUT2D eigenvalue weighted by molar-refractivity contribution is 5.85. The third-order valence-electron chi connectivity index (χ3n) is 8.31. The number of hydrogen-bond donors (Lipinski definition) is 2. The molecule has 35 heavy (non-hydrogen) atoms. The van der Waals surface area contributed by atoms with Crippen molar-refractivity contribution in [3.63, 3.8) is 0 Å². The van der Waals surface area contributed by atoms with Gasteiger partial charge in [0.05, 0.1) is 12.8 Å². The molecule has 2 N–H and O–H groups in total. The summed E-state index contributed by atoms with van der Waals surface area (Å²) in [6.07, 6.45) is 9.18. The van der Waals surface area contributed by atoms with Crippen LogP contribution in [0.25, 0.3) is 5.69 Å². The van der Waals surface area contributed by atoms with Crippen molar-refractivity contribution in [2.24, 2.45) is 22.7 Å². The highest BCUT2D eigenvalue weighted by atomic mass is 16.5. The van der Waals surface area contributed by atoms with Crippen LogP contribution in [0.2, 0.25) is 0 Å². The molecule has 0 atom stereocenters. The molecule has 3 aromatic rings. The smallest absolute Gasteiger partial charge is 0.335 e. The number of nitrogens with zero attached hydrogens (tertiary/aromatic N) is 2. The van der Waals surface area contributed by atoms with E-state index in [2.05, 4.69) is 22.1 Å². The Hall–Kier alpha value is -3.61. The van der Waals surface area contributed by atoms with E-state index in [1.807, 2.05) is 18.2 Å². The van der Waals surface area contributed by atoms with Gasteiger partial charge in [0, 0.05) is 6.21 Å². The maximum Gasteiger partial charge on any atom is 0.335 e. The second-order valence-electron chi connectivity index (χ2n) is 10.5. The monoisotopic (exact) mass is 471 g/mol. The van der Waals surface area contributed by atoms with Gasteiger partial charge in [-0.2, -0.15) is 0 Å². The number of H-pyrrole nitrogens is 1. The SMILES string of the molecule is COc1ccccc1N=Cc1c(O)n(-c2ccc(C34CC5CC(CC(C5)C3)C4)cc2)c(=O)[nH]c1=O. The van der Waals surface area contributed by atoms with Gasteiger partial charge in [0.2, 0.25) is 5.88 Å². The predicted molar refractivity (Wildman–Crippen MR) is 134 cm³/mol. The van der Waals surface area contributed by atoms with E-state index < -0.39 is 17.1 Å². The summed E-state index contributed by atoms with van der Waals surface area (Å²) in [5.41, 5.74) is 1.10. The van der Waals surface area contributed by atoms with E-state index in [9.17, 15) is 14.7 Å². The molecule has 4 fully saturated rings. The lowest BCUT2D eigenvalue weighted by molar-refractivity contribution is -0.00518. The van der Waals surface area contributed by atoms with Gasteiger partial charge >= 0.3 is 5.69 Å². The molecule has 0 spiro atoms. The van der Waals surface area contributed by atoms with Gasteiger partial charge in [-0.1, -0.05) is 24.3 Å². The van der Waals surface area contributed by atoms with E-state index >= 15 is 0 Å². The summed E-state index contributed by atoms with van der Waals surface area (Å²) in [7, 11) is 1.53.